The number of amides is 2. The number of nitrogens with one attached hydrogen (secondary N) is 2. The molecule has 2 amide bonds. The number of rotatable bonds is 4. The van der Waals surface area contributed by atoms with Crippen LogP contribution in [0, 0.1) is 12.8 Å². The van der Waals surface area contributed by atoms with E-state index in [1.165, 1.54) is 16.6 Å². The van der Waals surface area contributed by atoms with Crippen LogP contribution in [-0.4, -0.2) is 34.3 Å². The zero-order valence-corrected chi connectivity index (χ0v) is 17.2. The van der Waals surface area contributed by atoms with Crippen molar-refractivity contribution >= 4 is 22.7 Å². The highest BCUT2D eigenvalue weighted by atomic mass is 16.2. The molecule has 0 unspecified atom stereocenters. The van der Waals surface area contributed by atoms with E-state index in [0.717, 1.165) is 17.5 Å². The van der Waals surface area contributed by atoms with Crippen LogP contribution in [0.2, 0.25) is 0 Å². The summed E-state index contributed by atoms with van der Waals surface area (Å²) in [6.07, 6.45) is 0.798. The molecule has 1 aliphatic heterocycles. The molecule has 150 valence electrons. The fourth-order valence-electron chi connectivity index (χ4n) is 4.11. The van der Waals surface area contributed by atoms with Gasteiger partial charge in [-0.1, -0.05) is 50.2 Å². The van der Waals surface area contributed by atoms with Crippen molar-refractivity contribution in [3.05, 3.63) is 70.9 Å². The predicted octanol–water partition coefficient (Wildman–Crippen LogP) is 3.82. The summed E-state index contributed by atoms with van der Waals surface area (Å²) >= 11 is 0. The molecular formula is C24H27N3O2. The van der Waals surface area contributed by atoms with E-state index in [1.807, 2.05) is 56.0 Å². The Kier molecular flexibility index (Phi) is 5.14. The molecule has 29 heavy (non-hydrogen) atoms. The molecule has 3 aromatic rings. The Balaban J connectivity index is 1.55. The number of benzene rings is 2. The number of para-hydroxylation sites is 1. The molecule has 2 N–H and O–H groups in total. The van der Waals surface area contributed by atoms with Gasteiger partial charge in [0.2, 0.25) is 5.91 Å². The minimum atomic E-state index is -0.547. The normalized spacial score (nSPS) is 14.7. The highest BCUT2D eigenvalue weighted by molar-refractivity contribution is 5.98. The largest absolute Gasteiger partial charge is 0.358 e. The number of H-pyrrole nitrogens is 1. The van der Waals surface area contributed by atoms with Gasteiger partial charge in [0.05, 0.1) is 0 Å². The van der Waals surface area contributed by atoms with Gasteiger partial charge in [0.1, 0.15) is 6.04 Å². The fourth-order valence-corrected chi connectivity index (χ4v) is 4.11. The Labute approximate surface area is 171 Å². The number of carbonyl (C=O) groups excluding carboxylic acids is 2. The molecule has 5 nitrogen and oxygen atoms in total. The molecule has 0 saturated carbocycles. The topological polar surface area (TPSA) is 65.2 Å². The van der Waals surface area contributed by atoms with Gasteiger partial charge < -0.3 is 15.2 Å². The van der Waals surface area contributed by atoms with E-state index in [9.17, 15) is 9.59 Å². The number of aromatic amines is 1. The minimum absolute atomic E-state index is 0.000154. The molecule has 5 heteroatoms. The first kappa shape index (κ1) is 19.2. The number of nitrogens with zero attached hydrogens (tertiary/aromatic N) is 1. The second-order valence-corrected chi connectivity index (χ2v) is 8.15. The summed E-state index contributed by atoms with van der Waals surface area (Å²) in [5.41, 5.74) is 5.03. The molecule has 4 rings (SSSR count). The van der Waals surface area contributed by atoms with Crippen LogP contribution in [0.1, 0.15) is 41.0 Å². The van der Waals surface area contributed by atoms with Gasteiger partial charge in [0, 0.05) is 47.2 Å². The van der Waals surface area contributed by atoms with Crippen LogP contribution in [0.4, 0.5) is 0 Å². The van der Waals surface area contributed by atoms with Gasteiger partial charge in [-0.3, -0.25) is 9.59 Å². The second kappa shape index (κ2) is 7.74. The van der Waals surface area contributed by atoms with E-state index in [-0.39, 0.29) is 17.7 Å². The molecule has 0 radical (unpaired) electrons. The van der Waals surface area contributed by atoms with Crippen LogP contribution in [0.25, 0.3) is 10.9 Å². The Morgan fingerprint density at radius 2 is 1.79 bits per heavy atom. The van der Waals surface area contributed by atoms with Crippen LogP contribution >= 0.6 is 0 Å². The van der Waals surface area contributed by atoms with Crippen LogP contribution in [0.5, 0.6) is 0 Å². The van der Waals surface area contributed by atoms with E-state index >= 15 is 0 Å². The lowest BCUT2D eigenvalue weighted by molar-refractivity contribution is -0.135. The first-order valence-corrected chi connectivity index (χ1v) is 10.2. The number of hydrogen-bond acceptors (Lipinski definition) is 2. The summed E-state index contributed by atoms with van der Waals surface area (Å²) in [6, 6.07) is 15.1. The van der Waals surface area contributed by atoms with E-state index in [0.29, 0.717) is 18.7 Å². The molecular weight excluding hydrogens is 362 g/mol. The van der Waals surface area contributed by atoms with Crippen LogP contribution in [0.15, 0.2) is 48.5 Å². The standard InChI is InChI=1S/C24H27N3O2/c1-15(2)22(26-23(28)17-9-5-4-8-16(17)3)24(29)27-13-12-21-19(14-27)18-10-6-7-11-20(18)25-21/h4-11,15,22,25H,12-14H2,1-3H3,(H,26,28)/t22-/m0/s1. The third-order valence-corrected chi connectivity index (χ3v) is 5.80. The van der Waals surface area contributed by atoms with Crippen molar-refractivity contribution in [1.82, 2.24) is 15.2 Å². The number of carbonyl (C=O) groups is 2. The first-order chi connectivity index (χ1) is 14.0. The van der Waals surface area contributed by atoms with Gasteiger partial charge >= 0.3 is 0 Å². The quantitative estimate of drug-likeness (QED) is 0.713. The summed E-state index contributed by atoms with van der Waals surface area (Å²) in [5, 5.41) is 4.16. The van der Waals surface area contributed by atoms with Crippen molar-refractivity contribution in [3.63, 3.8) is 0 Å². The summed E-state index contributed by atoms with van der Waals surface area (Å²) in [4.78, 5) is 31.5. The molecule has 2 aromatic carbocycles. The summed E-state index contributed by atoms with van der Waals surface area (Å²) < 4.78 is 0. The second-order valence-electron chi connectivity index (χ2n) is 8.15. The van der Waals surface area contributed by atoms with E-state index < -0.39 is 6.04 Å². The van der Waals surface area contributed by atoms with Gasteiger partial charge in [-0.25, -0.2) is 0 Å². The summed E-state index contributed by atoms with van der Waals surface area (Å²) in [6.45, 7) is 7.08. The maximum absolute atomic E-state index is 13.4. The molecule has 1 aliphatic rings. The molecule has 2 heterocycles. The Hall–Kier alpha value is -3.08. The summed E-state index contributed by atoms with van der Waals surface area (Å²) in [7, 11) is 0. The van der Waals surface area contributed by atoms with Gasteiger partial charge in [0.15, 0.2) is 0 Å². The maximum Gasteiger partial charge on any atom is 0.252 e. The lowest BCUT2D eigenvalue weighted by Gasteiger charge is -2.32. The van der Waals surface area contributed by atoms with E-state index in [2.05, 4.69) is 22.4 Å². The minimum Gasteiger partial charge on any atom is -0.358 e. The average Bonchev–Trinajstić information content (AvgIpc) is 3.09. The SMILES string of the molecule is Cc1ccccc1C(=O)N[C@H](C(=O)N1CCc2[nH]c3ccccc3c2C1)C(C)C. The number of hydrogen-bond donors (Lipinski definition) is 2. The lowest BCUT2D eigenvalue weighted by Crippen LogP contribution is -2.52. The smallest absolute Gasteiger partial charge is 0.252 e. The number of aryl methyl sites for hydroxylation is 1. The van der Waals surface area contributed by atoms with E-state index in [1.54, 1.807) is 6.07 Å². The van der Waals surface area contributed by atoms with Crippen molar-refractivity contribution in [1.29, 1.82) is 0 Å². The third-order valence-electron chi connectivity index (χ3n) is 5.80. The fraction of sp³-hybridized carbons (Fsp3) is 0.333. The highest BCUT2D eigenvalue weighted by Crippen LogP contribution is 2.28. The highest BCUT2D eigenvalue weighted by Gasteiger charge is 2.32. The first-order valence-electron chi connectivity index (χ1n) is 10.2. The van der Waals surface area contributed by atoms with Crippen molar-refractivity contribution in [3.8, 4) is 0 Å². The Morgan fingerprint density at radius 3 is 2.55 bits per heavy atom. The van der Waals surface area contributed by atoms with Crippen LogP contribution in [0.3, 0.4) is 0 Å². The number of fused-ring (bicyclic) bond motifs is 3. The predicted molar refractivity (Wildman–Crippen MR) is 115 cm³/mol. The van der Waals surface area contributed by atoms with Gasteiger partial charge in [-0.05, 0) is 30.5 Å². The molecule has 0 bridgehead atoms. The van der Waals surface area contributed by atoms with Crippen molar-refractivity contribution in [2.24, 2.45) is 5.92 Å². The molecule has 0 saturated heterocycles. The van der Waals surface area contributed by atoms with Crippen LogP contribution in [-0.2, 0) is 17.8 Å². The van der Waals surface area contributed by atoms with Gasteiger partial charge in [-0.15, -0.1) is 0 Å². The van der Waals surface area contributed by atoms with Gasteiger partial charge in [0.25, 0.3) is 5.91 Å². The Morgan fingerprint density at radius 1 is 1.07 bits per heavy atom. The van der Waals surface area contributed by atoms with E-state index in [4.69, 9.17) is 0 Å². The lowest BCUT2D eigenvalue weighted by atomic mass is 9.98. The molecule has 0 fully saturated rings. The third kappa shape index (κ3) is 3.65. The monoisotopic (exact) mass is 389 g/mol. The molecule has 0 aliphatic carbocycles. The van der Waals surface area contributed by atoms with Crippen molar-refractivity contribution in [2.75, 3.05) is 6.54 Å². The average molecular weight is 389 g/mol. The molecule has 1 atom stereocenters. The van der Waals surface area contributed by atoms with Gasteiger partial charge in [-0.2, -0.15) is 0 Å². The Bertz CT molecular complexity index is 1070. The zero-order valence-electron chi connectivity index (χ0n) is 17.2. The summed E-state index contributed by atoms with van der Waals surface area (Å²) in [5.74, 6) is -0.211. The number of aromatic nitrogens is 1. The van der Waals surface area contributed by atoms with Crippen LogP contribution < -0.4 is 5.32 Å². The van der Waals surface area contributed by atoms with Crippen molar-refractivity contribution < 1.29 is 9.59 Å². The molecule has 0 spiro atoms. The van der Waals surface area contributed by atoms with Crippen molar-refractivity contribution in [2.45, 2.75) is 39.8 Å². The molecule has 1 aromatic heterocycles. The zero-order chi connectivity index (χ0) is 20.5. The maximum atomic E-state index is 13.4.